The zero-order valence-electron chi connectivity index (χ0n) is 18.6. The lowest BCUT2D eigenvalue weighted by molar-refractivity contribution is -0.123. The van der Waals surface area contributed by atoms with Crippen molar-refractivity contribution in [2.75, 3.05) is 0 Å². The first-order valence-electron chi connectivity index (χ1n) is 10.7. The molecule has 0 saturated heterocycles. The number of benzene rings is 2. The van der Waals surface area contributed by atoms with Gasteiger partial charge < -0.3 is 9.67 Å². The molecule has 0 amide bonds. The van der Waals surface area contributed by atoms with Crippen molar-refractivity contribution in [2.45, 2.75) is 70.9 Å². The Labute approximate surface area is 181 Å². The van der Waals surface area contributed by atoms with Gasteiger partial charge in [0.05, 0.1) is 16.6 Å². The number of Topliss-reactive ketones (excluding diaryl/α,β-unsaturated/α-hetero) is 1. The number of fused-ring (bicyclic) bond motifs is 1. The van der Waals surface area contributed by atoms with Crippen LogP contribution >= 0.6 is 0 Å². The monoisotopic (exact) mass is 428 g/mol. The highest BCUT2D eigenvalue weighted by atomic mass is 19.2. The lowest BCUT2D eigenvalue weighted by Gasteiger charge is -2.25. The molecule has 3 rings (SSSR count). The smallest absolute Gasteiger partial charge is 0.161 e. The average molecular weight is 429 g/mol. The van der Waals surface area contributed by atoms with E-state index in [2.05, 4.69) is 4.98 Å². The summed E-state index contributed by atoms with van der Waals surface area (Å²) in [5.41, 5.74) is 0.183. The Morgan fingerprint density at radius 2 is 1.68 bits per heavy atom. The number of unbranched alkanes of at least 4 members (excludes halogenated alkanes) is 1. The van der Waals surface area contributed by atoms with Crippen LogP contribution in [0.15, 0.2) is 42.5 Å². The summed E-state index contributed by atoms with van der Waals surface area (Å²) >= 11 is 0. The first-order valence-corrected chi connectivity index (χ1v) is 10.7. The summed E-state index contributed by atoms with van der Waals surface area (Å²) in [7, 11) is 0. The Hall–Kier alpha value is -2.60. The molecule has 0 saturated carbocycles. The van der Waals surface area contributed by atoms with Gasteiger partial charge in [0.1, 0.15) is 11.6 Å². The number of hydrogen-bond acceptors (Lipinski definition) is 3. The molecular weight excluding hydrogens is 398 g/mol. The molecule has 6 heteroatoms. The van der Waals surface area contributed by atoms with E-state index in [1.54, 1.807) is 6.92 Å². The van der Waals surface area contributed by atoms with Gasteiger partial charge in [-0.2, -0.15) is 0 Å². The molecule has 3 aromatic rings. The van der Waals surface area contributed by atoms with Crippen molar-refractivity contribution in [3.63, 3.8) is 0 Å². The molecule has 1 heterocycles. The predicted molar refractivity (Wildman–Crippen MR) is 118 cm³/mol. The molecule has 0 aliphatic carbocycles. The molecule has 0 spiro atoms. The van der Waals surface area contributed by atoms with Crippen molar-refractivity contribution in [3.05, 3.63) is 65.5 Å². The third kappa shape index (κ3) is 5.37. The molecule has 1 N–H and O–H groups in total. The lowest BCUT2D eigenvalue weighted by Crippen LogP contribution is -2.25. The van der Waals surface area contributed by atoms with Gasteiger partial charge in [0.25, 0.3) is 0 Å². The maximum Gasteiger partial charge on any atom is 0.161 e. The van der Waals surface area contributed by atoms with Crippen LogP contribution in [-0.4, -0.2) is 20.4 Å². The van der Waals surface area contributed by atoms with E-state index in [-0.39, 0.29) is 17.7 Å². The van der Waals surface area contributed by atoms with Crippen LogP contribution in [0.5, 0.6) is 0 Å². The van der Waals surface area contributed by atoms with E-state index in [1.165, 1.54) is 6.07 Å². The zero-order chi connectivity index (χ0) is 22.8. The van der Waals surface area contributed by atoms with Crippen molar-refractivity contribution < 1.29 is 18.7 Å². The van der Waals surface area contributed by atoms with Crippen LogP contribution in [-0.2, 0) is 22.4 Å². The summed E-state index contributed by atoms with van der Waals surface area (Å²) in [5.74, 6) is -1.05. The van der Waals surface area contributed by atoms with Crippen molar-refractivity contribution >= 4 is 16.8 Å². The first kappa shape index (κ1) is 23.1. The van der Waals surface area contributed by atoms with E-state index in [9.17, 15) is 18.7 Å². The molecule has 1 aromatic heterocycles. The molecule has 2 aromatic carbocycles. The number of aromatic nitrogens is 2. The molecule has 31 heavy (non-hydrogen) atoms. The van der Waals surface area contributed by atoms with E-state index in [1.807, 2.05) is 55.7 Å². The number of aryl methyl sites for hydroxylation is 1. The minimum absolute atomic E-state index is 0.00215. The summed E-state index contributed by atoms with van der Waals surface area (Å²) in [5, 5.41) is 10.6. The van der Waals surface area contributed by atoms with Crippen molar-refractivity contribution in [1.82, 2.24) is 9.55 Å². The number of hydrogen-bond donors (Lipinski definition) is 1. The molecule has 166 valence electrons. The number of carbonyl (C=O) groups excluding carboxylic acids is 1. The highest BCUT2D eigenvalue weighted by molar-refractivity contribution is 5.79. The van der Waals surface area contributed by atoms with Crippen LogP contribution in [0.1, 0.15) is 64.8 Å². The first-order chi connectivity index (χ1) is 14.5. The van der Waals surface area contributed by atoms with Gasteiger partial charge in [-0.3, -0.25) is 4.79 Å². The molecule has 0 radical (unpaired) electrons. The fourth-order valence-corrected chi connectivity index (χ4v) is 4.02. The van der Waals surface area contributed by atoms with Crippen LogP contribution in [0.3, 0.4) is 0 Å². The summed E-state index contributed by atoms with van der Waals surface area (Å²) in [6.07, 6.45) is 2.39. The number of ketones is 1. The van der Waals surface area contributed by atoms with Gasteiger partial charge in [-0.1, -0.05) is 30.3 Å². The maximum absolute atomic E-state index is 13.8. The Bertz CT molecular complexity index is 1070. The Morgan fingerprint density at radius 1 is 1.03 bits per heavy atom. The Balaban J connectivity index is 1.63. The highest BCUT2D eigenvalue weighted by Gasteiger charge is 2.26. The van der Waals surface area contributed by atoms with Gasteiger partial charge in [-0.05, 0) is 46.1 Å². The predicted octanol–water partition coefficient (Wildman–Crippen LogP) is 5.65. The Kier molecular flexibility index (Phi) is 6.60. The van der Waals surface area contributed by atoms with Crippen LogP contribution in [0.4, 0.5) is 8.78 Å². The van der Waals surface area contributed by atoms with E-state index in [0.717, 1.165) is 17.5 Å². The molecule has 0 fully saturated rings. The van der Waals surface area contributed by atoms with Crippen molar-refractivity contribution in [1.29, 1.82) is 0 Å². The largest absolute Gasteiger partial charge is 0.385 e. The number of aliphatic hydroxyl groups is 1. The van der Waals surface area contributed by atoms with Gasteiger partial charge in [0, 0.05) is 36.9 Å². The second-order valence-electron chi connectivity index (χ2n) is 9.35. The highest BCUT2D eigenvalue weighted by Crippen LogP contribution is 2.28. The normalized spacial score (nSPS) is 14.0. The van der Waals surface area contributed by atoms with Gasteiger partial charge in [-0.15, -0.1) is 0 Å². The molecule has 4 nitrogen and oxygen atoms in total. The quantitative estimate of drug-likeness (QED) is 0.472. The van der Waals surface area contributed by atoms with Gasteiger partial charge in [-0.25, -0.2) is 13.8 Å². The second-order valence-corrected chi connectivity index (χ2v) is 9.35. The summed E-state index contributed by atoms with van der Waals surface area (Å²) < 4.78 is 29.4. The van der Waals surface area contributed by atoms with Gasteiger partial charge in [0.15, 0.2) is 11.6 Å². The molecule has 0 aliphatic heterocycles. The fraction of sp³-hybridized carbons (Fsp3) is 0.440. The fourth-order valence-electron chi connectivity index (χ4n) is 4.02. The topological polar surface area (TPSA) is 55.1 Å². The van der Waals surface area contributed by atoms with E-state index < -0.39 is 17.2 Å². The van der Waals surface area contributed by atoms with Crippen LogP contribution in [0, 0.1) is 11.6 Å². The molecule has 0 aliphatic rings. The van der Waals surface area contributed by atoms with Crippen molar-refractivity contribution in [2.24, 2.45) is 0 Å². The minimum atomic E-state index is -1.19. The summed E-state index contributed by atoms with van der Waals surface area (Å²) in [6.45, 7) is 7.64. The summed E-state index contributed by atoms with van der Waals surface area (Å²) in [4.78, 5) is 16.9. The average Bonchev–Trinajstić information content (AvgIpc) is 3.03. The van der Waals surface area contributed by atoms with E-state index in [0.29, 0.717) is 36.7 Å². The molecule has 0 bridgehead atoms. The van der Waals surface area contributed by atoms with Gasteiger partial charge in [0.2, 0.25) is 0 Å². The Morgan fingerprint density at radius 3 is 2.32 bits per heavy atom. The number of imidazole rings is 1. The lowest BCUT2D eigenvalue weighted by atomic mass is 9.89. The molecule has 1 atom stereocenters. The van der Waals surface area contributed by atoms with Gasteiger partial charge >= 0.3 is 0 Å². The molecular formula is C25H30F2N2O2. The van der Waals surface area contributed by atoms with E-state index in [4.69, 9.17) is 0 Å². The third-order valence-electron chi connectivity index (χ3n) is 5.48. The van der Waals surface area contributed by atoms with Crippen LogP contribution in [0.25, 0.3) is 11.0 Å². The van der Waals surface area contributed by atoms with Crippen LogP contribution in [0.2, 0.25) is 0 Å². The molecule has 1 unspecified atom stereocenters. The SMILES string of the molecule is CC(O)(CC(=O)CCCCc1nc2cc(F)c(F)cc2n1C(C)(C)C)c1ccccc1. The minimum Gasteiger partial charge on any atom is -0.385 e. The second kappa shape index (κ2) is 8.87. The number of rotatable bonds is 8. The number of nitrogens with zero attached hydrogens (tertiary/aromatic N) is 2. The van der Waals surface area contributed by atoms with E-state index >= 15 is 0 Å². The standard InChI is InChI=1S/C25H30F2N2O2/c1-24(2,3)29-22-15-20(27)19(26)14-21(22)28-23(29)13-9-8-12-18(30)16-25(4,31)17-10-6-5-7-11-17/h5-7,10-11,14-15,31H,8-9,12-13,16H2,1-4H3. The van der Waals surface area contributed by atoms with Crippen molar-refractivity contribution in [3.8, 4) is 0 Å². The maximum atomic E-state index is 13.8. The number of halogens is 2. The van der Waals surface area contributed by atoms with Crippen LogP contribution < -0.4 is 0 Å². The summed E-state index contributed by atoms with van der Waals surface area (Å²) in [6, 6.07) is 11.5. The number of carbonyl (C=O) groups is 1. The third-order valence-corrected chi connectivity index (χ3v) is 5.48. The zero-order valence-corrected chi connectivity index (χ0v) is 18.6.